The van der Waals surface area contributed by atoms with Crippen LogP contribution in [0.2, 0.25) is 0 Å². The van der Waals surface area contributed by atoms with Crippen molar-refractivity contribution in [2.24, 2.45) is 10.9 Å². The predicted molar refractivity (Wildman–Crippen MR) is 75.2 cm³/mol. The number of hydrogen-bond donors (Lipinski definition) is 2. The van der Waals surface area contributed by atoms with E-state index in [1.807, 2.05) is 6.07 Å². The number of hydrogen-bond acceptors (Lipinski definition) is 4. The Morgan fingerprint density at radius 3 is 2.76 bits per heavy atom. The molecule has 0 saturated carbocycles. The molecule has 2 heterocycles. The van der Waals surface area contributed by atoms with Gasteiger partial charge in [-0.25, -0.2) is 4.99 Å². The van der Waals surface area contributed by atoms with Crippen molar-refractivity contribution in [1.82, 2.24) is 15.6 Å². The van der Waals surface area contributed by atoms with Crippen molar-refractivity contribution in [1.29, 1.82) is 0 Å². The Bertz CT molecular complexity index is 579. The number of nitrogens with zero attached hydrogens (tertiary/aromatic N) is 2. The Morgan fingerprint density at radius 1 is 1.24 bits per heavy atom. The van der Waals surface area contributed by atoms with Gasteiger partial charge in [-0.3, -0.25) is 19.4 Å². The lowest BCUT2D eigenvalue weighted by atomic mass is 10.1. The van der Waals surface area contributed by atoms with Crippen LogP contribution in [0.25, 0.3) is 0 Å². The van der Waals surface area contributed by atoms with E-state index < -0.39 is 11.8 Å². The third-order valence-electron chi connectivity index (χ3n) is 2.73. The van der Waals surface area contributed by atoms with Crippen LogP contribution in [0.15, 0.2) is 41.5 Å². The van der Waals surface area contributed by atoms with Crippen LogP contribution < -0.4 is 10.6 Å². The van der Waals surface area contributed by atoms with E-state index in [0.717, 1.165) is 5.69 Å². The molecule has 2 N–H and O–H groups in total. The standard InChI is InChI=1S/C14H14N4O3/c19-12-5-4-10(7-16-12)14(21)18-9-13(20)17-8-11-3-1-2-6-15-11/h1-7,10H,8-9H2,(H,17,20)(H,18,21). The van der Waals surface area contributed by atoms with Crippen molar-refractivity contribution >= 4 is 23.9 Å². The van der Waals surface area contributed by atoms with Crippen LogP contribution in [0.1, 0.15) is 5.69 Å². The maximum Gasteiger partial charge on any atom is 0.269 e. The fourth-order valence-electron chi connectivity index (χ4n) is 1.63. The number of aliphatic imine (C=N–C) groups is 1. The van der Waals surface area contributed by atoms with E-state index in [2.05, 4.69) is 20.6 Å². The number of rotatable bonds is 5. The fourth-order valence-corrected chi connectivity index (χ4v) is 1.63. The molecule has 108 valence electrons. The van der Waals surface area contributed by atoms with Gasteiger partial charge in [-0.15, -0.1) is 0 Å². The molecule has 7 nitrogen and oxygen atoms in total. The molecule has 1 unspecified atom stereocenters. The van der Waals surface area contributed by atoms with Gasteiger partial charge in [-0.2, -0.15) is 0 Å². The largest absolute Gasteiger partial charge is 0.349 e. The second-order valence-electron chi connectivity index (χ2n) is 4.32. The van der Waals surface area contributed by atoms with Gasteiger partial charge in [0.1, 0.15) is 0 Å². The first-order valence-electron chi connectivity index (χ1n) is 6.36. The van der Waals surface area contributed by atoms with Crippen LogP contribution in [0.3, 0.4) is 0 Å². The van der Waals surface area contributed by atoms with Crippen LogP contribution in [0, 0.1) is 5.92 Å². The van der Waals surface area contributed by atoms with Gasteiger partial charge in [0.15, 0.2) is 0 Å². The molecule has 0 fully saturated rings. The maximum atomic E-state index is 11.7. The summed E-state index contributed by atoms with van der Waals surface area (Å²) in [5.41, 5.74) is 0.734. The third-order valence-corrected chi connectivity index (χ3v) is 2.73. The van der Waals surface area contributed by atoms with E-state index in [0.29, 0.717) is 6.54 Å². The van der Waals surface area contributed by atoms with Gasteiger partial charge >= 0.3 is 0 Å². The number of aromatic nitrogens is 1. The molecule has 0 saturated heterocycles. The highest BCUT2D eigenvalue weighted by atomic mass is 16.2. The zero-order valence-electron chi connectivity index (χ0n) is 11.2. The van der Waals surface area contributed by atoms with Crippen molar-refractivity contribution in [3.8, 4) is 0 Å². The molecule has 1 atom stereocenters. The van der Waals surface area contributed by atoms with E-state index in [1.54, 1.807) is 18.3 Å². The molecule has 0 aromatic carbocycles. The molecule has 1 aromatic rings. The number of carbonyl (C=O) groups is 3. The topological polar surface area (TPSA) is 101 Å². The molecule has 1 aliphatic heterocycles. The lowest BCUT2D eigenvalue weighted by molar-refractivity contribution is -0.126. The van der Waals surface area contributed by atoms with Crippen LogP contribution in [-0.4, -0.2) is 35.5 Å². The maximum absolute atomic E-state index is 11.7. The average molecular weight is 286 g/mol. The van der Waals surface area contributed by atoms with Gasteiger partial charge in [0.05, 0.1) is 24.7 Å². The van der Waals surface area contributed by atoms with Crippen LogP contribution >= 0.6 is 0 Å². The Labute approximate surface area is 121 Å². The van der Waals surface area contributed by atoms with E-state index in [-0.39, 0.29) is 18.4 Å². The summed E-state index contributed by atoms with van der Waals surface area (Å²) < 4.78 is 0. The van der Waals surface area contributed by atoms with Crippen molar-refractivity contribution in [3.63, 3.8) is 0 Å². The third kappa shape index (κ3) is 4.64. The second-order valence-corrected chi connectivity index (χ2v) is 4.32. The van der Waals surface area contributed by atoms with Crippen molar-refractivity contribution in [2.75, 3.05) is 6.54 Å². The molecule has 21 heavy (non-hydrogen) atoms. The molecule has 2 rings (SSSR count). The van der Waals surface area contributed by atoms with E-state index in [1.165, 1.54) is 18.4 Å². The zero-order valence-corrected chi connectivity index (χ0v) is 11.2. The number of dihydropyridines is 1. The molecule has 1 aromatic heterocycles. The van der Waals surface area contributed by atoms with Crippen molar-refractivity contribution < 1.29 is 14.4 Å². The molecule has 3 amide bonds. The summed E-state index contributed by atoms with van der Waals surface area (Å²) in [6.07, 6.45) is 5.56. The molecule has 0 spiro atoms. The summed E-state index contributed by atoms with van der Waals surface area (Å²) in [4.78, 5) is 41.7. The highest BCUT2D eigenvalue weighted by molar-refractivity contribution is 6.05. The lowest BCUT2D eigenvalue weighted by Crippen LogP contribution is -2.39. The van der Waals surface area contributed by atoms with Gasteiger partial charge in [0.25, 0.3) is 5.91 Å². The molecule has 1 aliphatic rings. The molecular formula is C14H14N4O3. The monoisotopic (exact) mass is 286 g/mol. The first-order valence-corrected chi connectivity index (χ1v) is 6.36. The van der Waals surface area contributed by atoms with Gasteiger partial charge < -0.3 is 10.6 Å². The number of pyridine rings is 1. The average Bonchev–Trinajstić information content (AvgIpc) is 2.52. The molecular weight excluding hydrogens is 272 g/mol. The van der Waals surface area contributed by atoms with Gasteiger partial charge in [0, 0.05) is 18.5 Å². The molecule has 0 radical (unpaired) electrons. The lowest BCUT2D eigenvalue weighted by Gasteiger charge is -2.10. The highest BCUT2D eigenvalue weighted by Gasteiger charge is 2.17. The summed E-state index contributed by atoms with van der Waals surface area (Å²) in [6.45, 7) is 0.159. The van der Waals surface area contributed by atoms with E-state index in [9.17, 15) is 14.4 Å². The van der Waals surface area contributed by atoms with Gasteiger partial charge in [-0.1, -0.05) is 12.1 Å². The number of nitrogens with one attached hydrogen (secondary N) is 2. The molecule has 7 heteroatoms. The highest BCUT2D eigenvalue weighted by Crippen LogP contribution is 2.01. The fraction of sp³-hybridized carbons (Fsp3) is 0.214. The predicted octanol–water partition coefficient (Wildman–Crippen LogP) is -0.403. The Hall–Kier alpha value is -2.83. The minimum Gasteiger partial charge on any atom is -0.349 e. The first-order chi connectivity index (χ1) is 10.1. The minimum atomic E-state index is -0.619. The Morgan fingerprint density at radius 2 is 2.10 bits per heavy atom. The zero-order chi connectivity index (χ0) is 15.1. The number of amides is 3. The summed E-state index contributed by atoms with van der Waals surface area (Å²) in [5, 5.41) is 5.12. The van der Waals surface area contributed by atoms with E-state index in [4.69, 9.17) is 0 Å². The Kier molecular flexibility index (Phi) is 4.92. The smallest absolute Gasteiger partial charge is 0.269 e. The van der Waals surface area contributed by atoms with Gasteiger partial charge in [-0.05, 0) is 12.1 Å². The van der Waals surface area contributed by atoms with Crippen molar-refractivity contribution in [3.05, 3.63) is 42.2 Å². The minimum absolute atomic E-state index is 0.141. The first kappa shape index (κ1) is 14.6. The normalized spacial score (nSPS) is 16.6. The summed E-state index contributed by atoms with van der Waals surface area (Å²) in [7, 11) is 0. The number of carbonyl (C=O) groups excluding carboxylic acids is 3. The van der Waals surface area contributed by atoms with Crippen LogP contribution in [0.5, 0.6) is 0 Å². The summed E-state index contributed by atoms with van der Waals surface area (Å²) >= 11 is 0. The van der Waals surface area contributed by atoms with Crippen LogP contribution in [0.4, 0.5) is 0 Å². The van der Waals surface area contributed by atoms with Gasteiger partial charge in [0.2, 0.25) is 11.8 Å². The quantitative estimate of drug-likeness (QED) is 0.769. The van der Waals surface area contributed by atoms with E-state index >= 15 is 0 Å². The Balaban J connectivity index is 1.71. The summed E-state index contributed by atoms with van der Waals surface area (Å²) in [6, 6.07) is 5.40. The molecule has 0 aliphatic carbocycles. The van der Waals surface area contributed by atoms with Crippen LogP contribution in [-0.2, 0) is 20.9 Å². The van der Waals surface area contributed by atoms with Crippen molar-refractivity contribution in [2.45, 2.75) is 6.54 Å². The second kappa shape index (κ2) is 7.09. The molecule has 0 bridgehead atoms. The summed E-state index contributed by atoms with van der Waals surface area (Å²) in [5.74, 6) is -1.71. The SMILES string of the molecule is O=C1C=CC(C(=O)NCC(=O)NCc2ccccn2)C=N1.